The van der Waals surface area contributed by atoms with Crippen molar-refractivity contribution in [2.75, 3.05) is 26.2 Å². The Morgan fingerprint density at radius 3 is 2.25 bits per heavy atom. The van der Waals surface area contributed by atoms with Crippen molar-refractivity contribution in [1.29, 1.82) is 0 Å². The SMILES string of the molecule is Fc1ccc(CN2CCN(Cc3nc4ccccc4s3)CC2)cc1. The van der Waals surface area contributed by atoms with Crippen LogP contribution < -0.4 is 0 Å². The fraction of sp³-hybridized carbons (Fsp3) is 0.316. The minimum Gasteiger partial charge on any atom is -0.297 e. The summed E-state index contributed by atoms with van der Waals surface area (Å²) in [5.41, 5.74) is 2.28. The molecule has 0 saturated carbocycles. The van der Waals surface area contributed by atoms with Gasteiger partial charge in [0.05, 0.1) is 16.8 Å². The molecule has 4 rings (SSSR count). The third-order valence-corrected chi connectivity index (χ3v) is 5.50. The van der Waals surface area contributed by atoms with Crippen molar-refractivity contribution >= 4 is 21.6 Å². The first-order valence-electron chi connectivity index (χ1n) is 8.30. The number of thiazole rings is 1. The summed E-state index contributed by atoms with van der Waals surface area (Å²) in [5.74, 6) is -0.167. The summed E-state index contributed by atoms with van der Waals surface area (Å²) in [5, 5.41) is 1.20. The molecular weight excluding hydrogens is 321 g/mol. The van der Waals surface area contributed by atoms with Crippen LogP contribution in [0.2, 0.25) is 0 Å². The molecule has 0 spiro atoms. The van der Waals surface area contributed by atoms with Crippen LogP contribution in [0, 0.1) is 5.82 Å². The largest absolute Gasteiger partial charge is 0.297 e. The van der Waals surface area contributed by atoms with Crippen LogP contribution in [-0.2, 0) is 13.1 Å². The van der Waals surface area contributed by atoms with Gasteiger partial charge in [0, 0.05) is 32.7 Å². The number of benzene rings is 2. The topological polar surface area (TPSA) is 19.4 Å². The van der Waals surface area contributed by atoms with Gasteiger partial charge >= 0.3 is 0 Å². The fourth-order valence-corrected chi connectivity index (χ4v) is 4.14. The van der Waals surface area contributed by atoms with Crippen LogP contribution >= 0.6 is 11.3 Å². The quantitative estimate of drug-likeness (QED) is 0.720. The van der Waals surface area contributed by atoms with Crippen LogP contribution in [0.5, 0.6) is 0 Å². The first-order chi connectivity index (χ1) is 11.8. The van der Waals surface area contributed by atoms with E-state index in [1.165, 1.54) is 15.3 Å². The molecular formula is C19H20FN3S. The van der Waals surface area contributed by atoms with E-state index >= 15 is 0 Å². The molecule has 0 amide bonds. The number of hydrogen-bond donors (Lipinski definition) is 0. The molecule has 2 heterocycles. The lowest BCUT2D eigenvalue weighted by Gasteiger charge is -2.34. The summed E-state index contributed by atoms with van der Waals surface area (Å²) >= 11 is 1.79. The van der Waals surface area contributed by atoms with Crippen LogP contribution in [0.3, 0.4) is 0 Å². The van der Waals surface area contributed by atoms with E-state index in [1.54, 1.807) is 23.5 Å². The van der Waals surface area contributed by atoms with Crippen molar-refractivity contribution in [3.8, 4) is 0 Å². The highest BCUT2D eigenvalue weighted by molar-refractivity contribution is 7.18. The zero-order valence-electron chi connectivity index (χ0n) is 13.5. The summed E-state index contributed by atoms with van der Waals surface area (Å²) in [4.78, 5) is 9.63. The number of aromatic nitrogens is 1. The van der Waals surface area contributed by atoms with Crippen LogP contribution in [0.25, 0.3) is 10.2 Å². The highest BCUT2D eigenvalue weighted by atomic mass is 32.1. The van der Waals surface area contributed by atoms with Crippen molar-refractivity contribution in [3.05, 3.63) is 64.9 Å². The maximum absolute atomic E-state index is 13.0. The molecule has 1 aliphatic heterocycles. The third-order valence-electron chi connectivity index (χ3n) is 4.48. The lowest BCUT2D eigenvalue weighted by Crippen LogP contribution is -2.45. The van der Waals surface area contributed by atoms with Crippen molar-refractivity contribution in [2.45, 2.75) is 13.1 Å². The zero-order chi connectivity index (χ0) is 16.4. The summed E-state index contributed by atoms with van der Waals surface area (Å²) in [6.07, 6.45) is 0. The van der Waals surface area contributed by atoms with Gasteiger partial charge in [-0.1, -0.05) is 24.3 Å². The Kier molecular flexibility index (Phi) is 4.56. The Balaban J connectivity index is 1.31. The van der Waals surface area contributed by atoms with Crippen LogP contribution in [0.15, 0.2) is 48.5 Å². The molecule has 2 aromatic carbocycles. The Hall–Kier alpha value is -1.82. The summed E-state index contributed by atoms with van der Waals surface area (Å²) in [6.45, 7) is 6.03. The van der Waals surface area contributed by atoms with Gasteiger partial charge in [-0.05, 0) is 29.8 Å². The summed E-state index contributed by atoms with van der Waals surface area (Å²) < 4.78 is 14.2. The molecule has 24 heavy (non-hydrogen) atoms. The lowest BCUT2D eigenvalue weighted by molar-refractivity contribution is 0.122. The van der Waals surface area contributed by atoms with E-state index in [4.69, 9.17) is 4.98 Å². The molecule has 124 valence electrons. The molecule has 0 bridgehead atoms. The average molecular weight is 341 g/mol. The van der Waals surface area contributed by atoms with E-state index in [1.807, 2.05) is 18.2 Å². The lowest BCUT2D eigenvalue weighted by atomic mass is 10.2. The molecule has 0 radical (unpaired) electrons. The van der Waals surface area contributed by atoms with Crippen LogP contribution in [-0.4, -0.2) is 41.0 Å². The monoisotopic (exact) mass is 341 g/mol. The number of piperazine rings is 1. The van der Waals surface area contributed by atoms with Crippen LogP contribution in [0.1, 0.15) is 10.6 Å². The van der Waals surface area contributed by atoms with Gasteiger partial charge in [-0.3, -0.25) is 9.80 Å². The predicted molar refractivity (Wildman–Crippen MR) is 96.6 cm³/mol. The Morgan fingerprint density at radius 1 is 0.875 bits per heavy atom. The molecule has 0 atom stereocenters. The van der Waals surface area contributed by atoms with Gasteiger partial charge in [-0.2, -0.15) is 0 Å². The summed E-state index contributed by atoms with van der Waals surface area (Å²) in [6, 6.07) is 15.2. The first-order valence-corrected chi connectivity index (χ1v) is 9.11. The summed E-state index contributed by atoms with van der Waals surface area (Å²) in [7, 11) is 0. The van der Waals surface area contributed by atoms with E-state index in [0.29, 0.717) is 0 Å². The molecule has 1 saturated heterocycles. The Labute approximate surface area is 145 Å². The molecule has 0 N–H and O–H groups in total. The molecule has 1 aliphatic rings. The molecule has 3 nitrogen and oxygen atoms in total. The van der Waals surface area contributed by atoms with Gasteiger partial charge < -0.3 is 0 Å². The van der Waals surface area contributed by atoms with Gasteiger partial charge in [0.2, 0.25) is 0 Å². The minimum absolute atomic E-state index is 0.167. The van der Waals surface area contributed by atoms with E-state index in [0.717, 1.165) is 44.8 Å². The standard InChI is InChI=1S/C19H20FN3S/c20-16-7-5-15(6-8-16)13-22-9-11-23(12-10-22)14-19-21-17-3-1-2-4-18(17)24-19/h1-8H,9-14H2. The van der Waals surface area contributed by atoms with Gasteiger partial charge in [0.1, 0.15) is 10.8 Å². The molecule has 5 heteroatoms. The highest BCUT2D eigenvalue weighted by Gasteiger charge is 2.18. The third kappa shape index (κ3) is 3.64. The van der Waals surface area contributed by atoms with Gasteiger partial charge in [0.25, 0.3) is 0 Å². The van der Waals surface area contributed by atoms with E-state index in [9.17, 15) is 4.39 Å². The number of para-hydroxylation sites is 1. The second kappa shape index (κ2) is 6.97. The molecule has 3 aromatic rings. The van der Waals surface area contributed by atoms with Crippen molar-refractivity contribution in [1.82, 2.24) is 14.8 Å². The van der Waals surface area contributed by atoms with Crippen LogP contribution in [0.4, 0.5) is 4.39 Å². The minimum atomic E-state index is -0.167. The fourth-order valence-electron chi connectivity index (χ4n) is 3.13. The highest BCUT2D eigenvalue weighted by Crippen LogP contribution is 2.23. The Morgan fingerprint density at radius 2 is 1.54 bits per heavy atom. The van der Waals surface area contributed by atoms with E-state index < -0.39 is 0 Å². The molecule has 0 aliphatic carbocycles. The number of nitrogens with zero attached hydrogens (tertiary/aromatic N) is 3. The molecule has 1 fully saturated rings. The van der Waals surface area contributed by atoms with Gasteiger partial charge in [0.15, 0.2) is 0 Å². The van der Waals surface area contributed by atoms with Gasteiger partial charge in [-0.15, -0.1) is 11.3 Å². The van der Waals surface area contributed by atoms with E-state index in [2.05, 4.69) is 28.0 Å². The number of rotatable bonds is 4. The molecule has 1 aromatic heterocycles. The smallest absolute Gasteiger partial charge is 0.123 e. The normalized spacial score (nSPS) is 16.7. The Bertz CT molecular complexity index is 774. The number of hydrogen-bond acceptors (Lipinski definition) is 4. The van der Waals surface area contributed by atoms with Crippen molar-refractivity contribution in [2.24, 2.45) is 0 Å². The average Bonchev–Trinajstić information content (AvgIpc) is 3.01. The maximum Gasteiger partial charge on any atom is 0.123 e. The second-order valence-electron chi connectivity index (χ2n) is 6.25. The number of halogens is 1. The predicted octanol–water partition coefficient (Wildman–Crippen LogP) is 3.75. The zero-order valence-corrected chi connectivity index (χ0v) is 14.3. The molecule has 0 unspecified atom stereocenters. The number of fused-ring (bicyclic) bond motifs is 1. The van der Waals surface area contributed by atoms with E-state index in [-0.39, 0.29) is 5.82 Å². The van der Waals surface area contributed by atoms with Crippen molar-refractivity contribution in [3.63, 3.8) is 0 Å². The maximum atomic E-state index is 13.0. The van der Waals surface area contributed by atoms with Crippen molar-refractivity contribution < 1.29 is 4.39 Å². The second-order valence-corrected chi connectivity index (χ2v) is 7.37. The first kappa shape index (κ1) is 15.7. The van der Waals surface area contributed by atoms with Gasteiger partial charge in [-0.25, -0.2) is 9.37 Å².